The highest BCUT2D eigenvalue weighted by atomic mass is 35.6. The van der Waals surface area contributed by atoms with Crippen molar-refractivity contribution in [2.24, 2.45) is 5.92 Å². The third kappa shape index (κ3) is 8.51. The number of halogens is 3. The molecule has 1 atom stereocenters. The summed E-state index contributed by atoms with van der Waals surface area (Å²) in [5.41, 5.74) is 0.725. The lowest BCUT2D eigenvalue weighted by atomic mass is 10.1. The SMILES string of the molecule is CCOC(=O)c1ccccc1NC(=S)NC(NC(=O)CC(C)C)C(Cl)(Cl)Cl. The molecule has 0 aromatic heterocycles. The van der Waals surface area contributed by atoms with Crippen molar-refractivity contribution in [3.63, 3.8) is 0 Å². The average Bonchev–Trinajstić information content (AvgIpc) is 2.53. The van der Waals surface area contributed by atoms with E-state index in [9.17, 15) is 9.59 Å². The normalized spacial score (nSPS) is 12.3. The second-order valence-corrected chi connectivity index (χ2v) is 8.78. The maximum absolute atomic E-state index is 12.0. The Balaban J connectivity index is 2.86. The first-order chi connectivity index (χ1) is 12.5. The zero-order valence-electron chi connectivity index (χ0n) is 15.1. The number of hydrogen-bond donors (Lipinski definition) is 3. The first kappa shape index (κ1) is 23.8. The molecule has 3 N–H and O–H groups in total. The number of esters is 1. The van der Waals surface area contributed by atoms with Crippen LogP contribution in [0.15, 0.2) is 24.3 Å². The molecule has 0 saturated heterocycles. The molecule has 0 fully saturated rings. The van der Waals surface area contributed by atoms with Crippen LogP contribution in [0.5, 0.6) is 0 Å². The van der Waals surface area contributed by atoms with Gasteiger partial charge in [0.25, 0.3) is 0 Å². The van der Waals surface area contributed by atoms with Gasteiger partial charge in [0, 0.05) is 6.42 Å². The summed E-state index contributed by atoms with van der Waals surface area (Å²) in [5, 5.41) is 8.27. The molecule has 0 bridgehead atoms. The summed E-state index contributed by atoms with van der Waals surface area (Å²) in [5.74, 6) is -0.641. The fraction of sp³-hybridized carbons (Fsp3) is 0.471. The number of hydrogen-bond acceptors (Lipinski definition) is 4. The number of nitrogens with one attached hydrogen (secondary N) is 3. The summed E-state index contributed by atoms with van der Waals surface area (Å²) in [4.78, 5) is 24.0. The second kappa shape index (κ2) is 10.9. The minimum Gasteiger partial charge on any atom is -0.462 e. The highest BCUT2D eigenvalue weighted by Crippen LogP contribution is 2.29. The van der Waals surface area contributed by atoms with Crippen molar-refractivity contribution in [3.05, 3.63) is 29.8 Å². The molecule has 1 unspecified atom stereocenters. The van der Waals surface area contributed by atoms with Crippen LogP contribution in [0.4, 0.5) is 5.69 Å². The van der Waals surface area contributed by atoms with Gasteiger partial charge in [-0.3, -0.25) is 4.79 Å². The quantitative estimate of drug-likeness (QED) is 0.250. The molecule has 150 valence electrons. The van der Waals surface area contributed by atoms with Crippen LogP contribution in [-0.2, 0) is 9.53 Å². The van der Waals surface area contributed by atoms with Gasteiger partial charge in [-0.25, -0.2) is 4.79 Å². The van der Waals surface area contributed by atoms with Crippen LogP contribution in [0.25, 0.3) is 0 Å². The minimum atomic E-state index is -1.85. The Morgan fingerprint density at radius 1 is 1.19 bits per heavy atom. The molecule has 1 rings (SSSR count). The van der Waals surface area contributed by atoms with Crippen molar-refractivity contribution in [1.82, 2.24) is 10.6 Å². The Kier molecular flexibility index (Phi) is 9.59. The number of anilines is 1. The van der Waals surface area contributed by atoms with E-state index in [1.54, 1.807) is 31.2 Å². The first-order valence-electron chi connectivity index (χ1n) is 8.24. The van der Waals surface area contributed by atoms with Crippen LogP contribution in [0.1, 0.15) is 37.6 Å². The maximum atomic E-state index is 12.0. The topological polar surface area (TPSA) is 79.5 Å². The van der Waals surface area contributed by atoms with Gasteiger partial charge in [0.1, 0.15) is 6.17 Å². The van der Waals surface area contributed by atoms with Crippen LogP contribution in [0.2, 0.25) is 0 Å². The third-order valence-corrected chi connectivity index (χ3v) is 4.05. The molecule has 10 heteroatoms. The summed E-state index contributed by atoms with van der Waals surface area (Å²) in [6, 6.07) is 6.68. The number of amides is 1. The molecule has 0 heterocycles. The smallest absolute Gasteiger partial charge is 0.340 e. The summed E-state index contributed by atoms with van der Waals surface area (Å²) in [6.07, 6.45) is -0.798. The van der Waals surface area contributed by atoms with Gasteiger partial charge in [0.05, 0.1) is 17.9 Å². The average molecular weight is 455 g/mol. The van der Waals surface area contributed by atoms with E-state index in [0.29, 0.717) is 11.3 Å². The fourth-order valence-electron chi connectivity index (χ4n) is 2.06. The predicted molar refractivity (Wildman–Crippen MR) is 113 cm³/mol. The van der Waals surface area contributed by atoms with Crippen LogP contribution in [0.3, 0.4) is 0 Å². The fourth-order valence-corrected chi connectivity index (χ4v) is 2.61. The highest BCUT2D eigenvalue weighted by molar-refractivity contribution is 7.80. The Morgan fingerprint density at radius 3 is 2.37 bits per heavy atom. The van der Waals surface area contributed by atoms with E-state index in [1.165, 1.54) is 0 Å². The number of thiocarbonyl (C=S) groups is 1. The Hall–Kier alpha value is -1.28. The van der Waals surface area contributed by atoms with Gasteiger partial charge >= 0.3 is 5.97 Å². The Labute approximate surface area is 179 Å². The second-order valence-electron chi connectivity index (χ2n) is 6.00. The summed E-state index contributed by atoms with van der Waals surface area (Å²) < 4.78 is 3.16. The molecular weight excluding hydrogens is 433 g/mol. The monoisotopic (exact) mass is 453 g/mol. The number of benzene rings is 1. The number of carbonyl (C=O) groups excluding carboxylic acids is 2. The van der Waals surface area contributed by atoms with Gasteiger partial charge in [-0.2, -0.15) is 0 Å². The van der Waals surface area contributed by atoms with Crippen LogP contribution >= 0.6 is 47.0 Å². The highest BCUT2D eigenvalue weighted by Gasteiger charge is 2.34. The first-order valence-corrected chi connectivity index (χ1v) is 9.78. The molecule has 0 aliphatic rings. The van der Waals surface area contributed by atoms with Gasteiger partial charge in [0.15, 0.2) is 5.11 Å². The van der Waals surface area contributed by atoms with Crippen molar-refractivity contribution >= 4 is 69.7 Å². The van der Waals surface area contributed by atoms with Crippen molar-refractivity contribution in [2.75, 3.05) is 11.9 Å². The molecule has 1 aromatic rings. The summed E-state index contributed by atoms with van der Waals surface area (Å²) in [6.45, 7) is 5.75. The van der Waals surface area contributed by atoms with E-state index in [2.05, 4.69) is 16.0 Å². The van der Waals surface area contributed by atoms with Gasteiger partial charge in [-0.1, -0.05) is 60.8 Å². The van der Waals surface area contributed by atoms with Crippen molar-refractivity contribution in [3.8, 4) is 0 Å². The number of alkyl halides is 3. The Morgan fingerprint density at radius 2 is 1.81 bits per heavy atom. The molecule has 1 aromatic carbocycles. The van der Waals surface area contributed by atoms with Crippen LogP contribution in [0, 0.1) is 5.92 Å². The molecule has 0 spiro atoms. The van der Waals surface area contributed by atoms with Crippen molar-refractivity contribution < 1.29 is 14.3 Å². The number of ether oxygens (including phenoxy) is 1. The largest absolute Gasteiger partial charge is 0.462 e. The molecule has 0 saturated carbocycles. The predicted octanol–water partition coefficient (Wildman–Crippen LogP) is 4.01. The zero-order chi connectivity index (χ0) is 20.6. The summed E-state index contributed by atoms with van der Waals surface area (Å²) >= 11 is 23.1. The van der Waals surface area contributed by atoms with E-state index in [-0.39, 0.29) is 30.0 Å². The van der Waals surface area contributed by atoms with Gasteiger partial charge in [-0.15, -0.1) is 0 Å². The number of carbonyl (C=O) groups is 2. The number of para-hydroxylation sites is 1. The van der Waals surface area contributed by atoms with Crippen LogP contribution < -0.4 is 16.0 Å². The van der Waals surface area contributed by atoms with E-state index < -0.39 is 15.9 Å². The molecule has 6 nitrogen and oxygen atoms in total. The van der Waals surface area contributed by atoms with Gasteiger partial charge in [0.2, 0.25) is 9.70 Å². The standard InChI is InChI=1S/C17H22Cl3N3O3S/c1-4-26-14(25)11-7-5-6-8-12(11)21-16(27)23-15(17(18,19)20)22-13(24)9-10(2)3/h5-8,10,15H,4,9H2,1-3H3,(H,22,24)(H2,21,23,27). The lowest BCUT2D eigenvalue weighted by Crippen LogP contribution is -2.56. The maximum Gasteiger partial charge on any atom is 0.340 e. The third-order valence-electron chi connectivity index (χ3n) is 3.17. The number of rotatable bonds is 7. The van der Waals surface area contributed by atoms with E-state index in [1.807, 2.05) is 13.8 Å². The molecule has 1 amide bonds. The minimum absolute atomic E-state index is 0.0629. The van der Waals surface area contributed by atoms with Gasteiger partial charge < -0.3 is 20.7 Å². The van der Waals surface area contributed by atoms with E-state index >= 15 is 0 Å². The molecule has 0 aliphatic heterocycles. The lowest BCUT2D eigenvalue weighted by Gasteiger charge is -2.28. The Bertz CT molecular complexity index is 681. The molecule has 0 radical (unpaired) electrons. The van der Waals surface area contributed by atoms with E-state index in [4.69, 9.17) is 51.8 Å². The molecule has 27 heavy (non-hydrogen) atoms. The van der Waals surface area contributed by atoms with Crippen molar-refractivity contribution in [2.45, 2.75) is 37.2 Å². The summed E-state index contributed by atoms with van der Waals surface area (Å²) in [7, 11) is 0. The zero-order valence-corrected chi connectivity index (χ0v) is 18.2. The van der Waals surface area contributed by atoms with Gasteiger partial charge in [-0.05, 0) is 37.2 Å². The van der Waals surface area contributed by atoms with E-state index in [0.717, 1.165) is 0 Å². The molecular formula is C17H22Cl3N3O3S. The lowest BCUT2D eigenvalue weighted by molar-refractivity contribution is -0.122. The van der Waals surface area contributed by atoms with Crippen molar-refractivity contribution in [1.29, 1.82) is 0 Å². The molecule has 0 aliphatic carbocycles. The van der Waals surface area contributed by atoms with Crippen LogP contribution in [-0.4, -0.2) is 33.6 Å².